The van der Waals surface area contributed by atoms with E-state index in [0.29, 0.717) is 29.9 Å². The topological polar surface area (TPSA) is 124 Å². The number of hydrogen-bond donors (Lipinski definition) is 0. The van der Waals surface area contributed by atoms with E-state index in [4.69, 9.17) is 23.7 Å². The highest BCUT2D eigenvalue weighted by Gasteiger charge is 2.20. The molecule has 4 rings (SSSR count). The standard InChI is InChI=1S/C39H38O10/c1-26(2)37(41)47-22-10-6-5-9-21-46-31-18-17-28-24-30(16-15-29(28)25-31)38(42)48-33-12-8-7-11-32(33)39(43)49-34-19-13-27(23-35(34)44-3)14-20-36(40)45-4/h7-8,11-20,23-25H,1,5-6,9-10,21-22H2,2-4H3/b20-14+. The first-order valence-electron chi connectivity index (χ1n) is 15.6. The van der Waals surface area contributed by atoms with Crippen molar-refractivity contribution in [2.24, 2.45) is 0 Å². The predicted octanol–water partition coefficient (Wildman–Crippen LogP) is 7.53. The van der Waals surface area contributed by atoms with Crippen molar-refractivity contribution in [2.45, 2.75) is 32.6 Å². The van der Waals surface area contributed by atoms with Crippen LogP contribution in [-0.4, -0.2) is 51.3 Å². The van der Waals surface area contributed by atoms with Crippen molar-refractivity contribution in [1.29, 1.82) is 0 Å². The highest BCUT2D eigenvalue weighted by molar-refractivity contribution is 5.99. The van der Waals surface area contributed by atoms with Gasteiger partial charge in [-0.15, -0.1) is 0 Å². The summed E-state index contributed by atoms with van der Waals surface area (Å²) in [5.41, 5.74) is 1.37. The van der Waals surface area contributed by atoms with Crippen molar-refractivity contribution in [3.8, 4) is 23.0 Å². The molecule has 4 aromatic rings. The summed E-state index contributed by atoms with van der Waals surface area (Å²) in [6.45, 7) is 6.13. The lowest BCUT2D eigenvalue weighted by Crippen LogP contribution is -2.14. The molecule has 0 saturated carbocycles. The molecule has 0 unspecified atom stereocenters. The number of unbranched alkanes of at least 4 members (excludes halogenated alkanes) is 3. The second-order valence-corrected chi connectivity index (χ2v) is 10.9. The second kappa shape index (κ2) is 17.9. The molecule has 254 valence electrons. The number of benzene rings is 4. The van der Waals surface area contributed by atoms with Gasteiger partial charge in [0.15, 0.2) is 11.5 Å². The minimum atomic E-state index is -0.755. The van der Waals surface area contributed by atoms with Crippen LogP contribution in [0.5, 0.6) is 23.0 Å². The second-order valence-electron chi connectivity index (χ2n) is 10.9. The highest BCUT2D eigenvalue weighted by atomic mass is 16.6. The minimum absolute atomic E-state index is 0.0332. The van der Waals surface area contributed by atoms with Crippen molar-refractivity contribution >= 4 is 40.7 Å². The molecule has 10 nitrogen and oxygen atoms in total. The fourth-order valence-electron chi connectivity index (χ4n) is 4.62. The number of ether oxygens (including phenoxy) is 6. The average molecular weight is 667 g/mol. The van der Waals surface area contributed by atoms with Crippen LogP contribution in [0.25, 0.3) is 16.8 Å². The average Bonchev–Trinajstić information content (AvgIpc) is 3.11. The summed E-state index contributed by atoms with van der Waals surface area (Å²) < 4.78 is 32.2. The van der Waals surface area contributed by atoms with E-state index in [1.54, 1.807) is 43.3 Å². The van der Waals surface area contributed by atoms with Crippen LogP contribution in [0.15, 0.2) is 97.1 Å². The molecule has 0 radical (unpaired) electrons. The molecule has 0 saturated heterocycles. The molecule has 0 atom stereocenters. The van der Waals surface area contributed by atoms with Gasteiger partial charge in [-0.2, -0.15) is 0 Å². The Labute approximate surface area is 284 Å². The molecule has 0 aliphatic rings. The van der Waals surface area contributed by atoms with Gasteiger partial charge in [-0.1, -0.05) is 36.9 Å². The molecule has 4 aromatic carbocycles. The highest BCUT2D eigenvalue weighted by Crippen LogP contribution is 2.31. The maximum absolute atomic E-state index is 13.2. The molecule has 0 spiro atoms. The summed E-state index contributed by atoms with van der Waals surface area (Å²) in [4.78, 5) is 49.2. The zero-order valence-corrected chi connectivity index (χ0v) is 27.7. The molecule has 10 heteroatoms. The molecule has 0 aliphatic carbocycles. The Morgan fingerprint density at radius 2 is 1.43 bits per heavy atom. The van der Waals surface area contributed by atoms with Crippen molar-refractivity contribution in [3.63, 3.8) is 0 Å². The Morgan fingerprint density at radius 3 is 2.18 bits per heavy atom. The van der Waals surface area contributed by atoms with Crippen molar-refractivity contribution < 1.29 is 47.6 Å². The molecule has 0 bridgehead atoms. The Morgan fingerprint density at radius 1 is 0.714 bits per heavy atom. The molecule has 0 aliphatic heterocycles. The van der Waals surface area contributed by atoms with Gasteiger partial charge in [0.05, 0.1) is 33.0 Å². The van der Waals surface area contributed by atoms with Gasteiger partial charge in [-0.25, -0.2) is 19.2 Å². The zero-order chi connectivity index (χ0) is 35.2. The molecule has 49 heavy (non-hydrogen) atoms. The fraction of sp³-hybridized carbons (Fsp3) is 0.231. The van der Waals surface area contributed by atoms with E-state index < -0.39 is 17.9 Å². The van der Waals surface area contributed by atoms with Gasteiger partial charge in [-0.05, 0) is 104 Å². The first kappa shape index (κ1) is 35.9. The van der Waals surface area contributed by atoms with Crippen molar-refractivity contribution in [1.82, 2.24) is 0 Å². The van der Waals surface area contributed by atoms with Crippen LogP contribution >= 0.6 is 0 Å². The Kier molecular flexibility index (Phi) is 13.1. The van der Waals surface area contributed by atoms with Gasteiger partial charge in [0.2, 0.25) is 0 Å². The number of para-hydroxylation sites is 1. The first-order chi connectivity index (χ1) is 23.7. The monoisotopic (exact) mass is 666 g/mol. The van der Waals surface area contributed by atoms with Gasteiger partial charge in [0.1, 0.15) is 17.1 Å². The van der Waals surface area contributed by atoms with E-state index in [0.717, 1.165) is 42.2 Å². The van der Waals surface area contributed by atoms with Crippen LogP contribution in [0.1, 0.15) is 58.9 Å². The van der Waals surface area contributed by atoms with Gasteiger partial charge in [0.25, 0.3) is 0 Å². The lowest BCUT2D eigenvalue weighted by molar-refractivity contribution is -0.139. The molecule has 0 N–H and O–H groups in total. The Hall–Kier alpha value is -5.90. The third-order valence-corrected chi connectivity index (χ3v) is 7.25. The number of carbonyl (C=O) groups excluding carboxylic acids is 4. The van der Waals surface area contributed by atoms with Gasteiger partial charge < -0.3 is 28.4 Å². The lowest BCUT2D eigenvalue weighted by atomic mass is 10.1. The number of hydrogen-bond acceptors (Lipinski definition) is 10. The largest absolute Gasteiger partial charge is 0.494 e. The van der Waals surface area contributed by atoms with Crippen LogP contribution in [0, 0.1) is 0 Å². The molecule has 0 aromatic heterocycles. The zero-order valence-electron chi connectivity index (χ0n) is 27.7. The van der Waals surface area contributed by atoms with Gasteiger partial charge >= 0.3 is 23.9 Å². The molecular weight excluding hydrogens is 628 g/mol. The van der Waals surface area contributed by atoms with Crippen molar-refractivity contribution in [3.05, 3.63) is 114 Å². The number of esters is 4. The Balaban J connectivity index is 1.33. The van der Waals surface area contributed by atoms with Crippen LogP contribution in [-0.2, 0) is 19.1 Å². The molecule has 0 heterocycles. The SMILES string of the molecule is C=C(C)C(=O)OCCCCCCOc1ccc2cc(C(=O)Oc3ccccc3C(=O)Oc3ccc(/C=C/C(=O)OC)cc3OC)ccc2c1. The van der Waals surface area contributed by atoms with Gasteiger partial charge in [-0.3, -0.25) is 0 Å². The quantitative estimate of drug-likeness (QED) is 0.0513. The normalized spacial score (nSPS) is 10.8. The fourth-order valence-corrected chi connectivity index (χ4v) is 4.62. The van der Waals surface area contributed by atoms with E-state index in [1.165, 1.54) is 44.6 Å². The summed E-state index contributed by atoms with van der Waals surface area (Å²) in [6, 6.07) is 21.8. The van der Waals surface area contributed by atoms with Crippen LogP contribution < -0.4 is 18.9 Å². The summed E-state index contributed by atoms with van der Waals surface area (Å²) in [7, 11) is 2.70. The third kappa shape index (κ3) is 10.6. The molecule has 0 fully saturated rings. The smallest absolute Gasteiger partial charge is 0.347 e. The maximum atomic E-state index is 13.2. The third-order valence-electron chi connectivity index (χ3n) is 7.25. The van der Waals surface area contributed by atoms with Crippen LogP contribution in [0.3, 0.4) is 0 Å². The molecular formula is C39H38O10. The summed E-state index contributed by atoms with van der Waals surface area (Å²) in [5, 5.41) is 1.70. The van der Waals surface area contributed by atoms with E-state index >= 15 is 0 Å². The molecule has 0 amide bonds. The number of methoxy groups -OCH3 is 2. The summed E-state index contributed by atoms with van der Waals surface area (Å²) in [5.74, 6) is -1.12. The lowest BCUT2D eigenvalue weighted by Gasteiger charge is -2.13. The van der Waals surface area contributed by atoms with Crippen LogP contribution in [0.2, 0.25) is 0 Å². The number of rotatable bonds is 16. The van der Waals surface area contributed by atoms with E-state index in [-0.39, 0.29) is 28.8 Å². The van der Waals surface area contributed by atoms with E-state index in [9.17, 15) is 19.2 Å². The Bertz CT molecular complexity index is 1860. The van der Waals surface area contributed by atoms with Gasteiger partial charge in [0, 0.05) is 11.6 Å². The first-order valence-corrected chi connectivity index (χ1v) is 15.6. The minimum Gasteiger partial charge on any atom is -0.494 e. The predicted molar refractivity (Wildman–Crippen MR) is 184 cm³/mol. The number of fused-ring (bicyclic) bond motifs is 1. The summed E-state index contributed by atoms with van der Waals surface area (Å²) in [6.07, 6.45) is 6.32. The summed E-state index contributed by atoms with van der Waals surface area (Å²) >= 11 is 0. The number of carbonyl (C=O) groups is 4. The van der Waals surface area contributed by atoms with E-state index in [1.807, 2.05) is 24.3 Å². The van der Waals surface area contributed by atoms with Crippen molar-refractivity contribution in [2.75, 3.05) is 27.4 Å². The maximum Gasteiger partial charge on any atom is 0.347 e. The van der Waals surface area contributed by atoms with E-state index in [2.05, 4.69) is 11.3 Å². The van der Waals surface area contributed by atoms with Crippen LogP contribution in [0.4, 0.5) is 0 Å².